The van der Waals surface area contributed by atoms with Crippen molar-refractivity contribution in [1.82, 2.24) is 5.32 Å². The number of rotatable bonds is 3. The van der Waals surface area contributed by atoms with Gasteiger partial charge in [-0.25, -0.2) is 0 Å². The van der Waals surface area contributed by atoms with E-state index in [1.165, 1.54) is 6.07 Å². The van der Waals surface area contributed by atoms with Crippen molar-refractivity contribution in [3.8, 4) is 0 Å². The number of halogens is 2. The van der Waals surface area contributed by atoms with E-state index < -0.39 is 6.10 Å². The van der Waals surface area contributed by atoms with Gasteiger partial charge in [-0.1, -0.05) is 23.2 Å². The van der Waals surface area contributed by atoms with Gasteiger partial charge in [0, 0.05) is 23.6 Å². The van der Waals surface area contributed by atoms with E-state index >= 15 is 0 Å². The zero-order valence-electron chi connectivity index (χ0n) is 10.1. The molecule has 0 heterocycles. The molecule has 0 aromatic heterocycles. The van der Waals surface area contributed by atoms with Crippen LogP contribution in [-0.2, 0) is 0 Å². The minimum atomic E-state index is -0.573. The maximum atomic E-state index is 12.1. The van der Waals surface area contributed by atoms with Crippen LogP contribution in [0.2, 0.25) is 10.0 Å². The number of aliphatic hydroxyl groups excluding tert-OH is 2. The first-order chi connectivity index (χ1) is 9.01. The Morgan fingerprint density at radius 2 is 2.11 bits per heavy atom. The van der Waals surface area contributed by atoms with Crippen LogP contribution in [0.1, 0.15) is 23.2 Å². The predicted octanol–water partition coefficient (Wildman–Crippen LogP) is 1.85. The van der Waals surface area contributed by atoms with Crippen molar-refractivity contribution < 1.29 is 15.0 Å². The van der Waals surface area contributed by atoms with Gasteiger partial charge in [-0.15, -0.1) is 0 Å². The van der Waals surface area contributed by atoms with Gasteiger partial charge in [-0.05, 0) is 31.0 Å². The molecule has 0 saturated heterocycles. The van der Waals surface area contributed by atoms with Crippen LogP contribution in [0.25, 0.3) is 0 Å². The van der Waals surface area contributed by atoms with Crippen molar-refractivity contribution in [3.05, 3.63) is 33.8 Å². The molecule has 0 bridgehead atoms. The lowest BCUT2D eigenvalue weighted by molar-refractivity contribution is 0.0903. The minimum absolute atomic E-state index is 0.0742. The van der Waals surface area contributed by atoms with E-state index in [2.05, 4.69) is 5.32 Å². The summed E-state index contributed by atoms with van der Waals surface area (Å²) in [5.41, 5.74) is 0.355. The molecule has 4 nitrogen and oxygen atoms in total. The molecule has 1 aromatic rings. The van der Waals surface area contributed by atoms with Gasteiger partial charge < -0.3 is 15.5 Å². The molecule has 0 unspecified atom stereocenters. The molecule has 1 amide bonds. The van der Waals surface area contributed by atoms with Crippen molar-refractivity contribution in [3.63, 3.8) is 0 Å². The Kier molecular flexibility index (Phi) is 4.68. The highest BCUT2D eigenvalue weighted by Gasteiger charge is 2.33. The van der Waals surface area contributed by atoms with E-state index in [1.54, 1.807) is 12.1 Å². The summed E-state index contributed by atoms with van der Waals surface area (Å²) in [6.45, 7) is -0.0742. The fourth-order valence-corrected chi connectivity index (χ4v) is 2.85. The Labute approximate surface area is 121 Å². The van der Waals surface area contributed by atoms with Crippen LogP contribution in [0.5, 0.6) is 0 Å². The molecule has 19 heavy (non-hydrogen) atoms. The molecule has 1 aromatic carbocycles. The topological polar surface area (TPSA) is 69.6 Å². The van der Waals surface area contributed by atoms with E-state index in [0.29, 0.717) is 28.5 Å². The van der Waals surface area contributed by atoms with Crippen LogP contribution in [0, 0.1) is 5.92 Å². The van der Waals surface area contributed by atoms with Crippen LogP contribution in [0.15, 0.2) is 18.2 Å². The minimum Gasteiger partial charge on any atom is -0.396 e. The molecule has 104 valence electrons. The summed E-state index contributed by atoms with van der Waals surface area (Å²) >= 11 is 11.7. The number of carbonyl (C=O) groups is 1. The third-order valence-electron chi connectivity index (χ3n) is 3.40. The maximum Gasteiger partial charge on any atom is 0.253 e. The zero-order chi connectivity index (χ0) is 14.0. The van der Waals surface area contributed by atoms with Crippen LogP contribution >= 0.6 is 23.2 Å². The van der Waals surface area contributed by atoms with Gasteiger partial charge in [0.1, 0.15) is 0 Å². The van der Waals surface area contributed by atoms with Crippen molar-refractivity contribution in [2.24, 2.45) is 5.92 Å². The Bertz CT molecular complexity index is 481. The molecule has 0 spiro atoms. The van der Waals surface area contributed by atoms with Gasteiger partial charge >= 0.3 is 0 Å². The van der Waals surface area contributed by atoms with Gasteiger partial charge in [0.25, 0.3) is 5.91 Å². The smallest absolute Gasteiger partial charge is 0.253 e. The van der Waals surface area contributed by atoms with E-state index in [4.69, 9.17) is 28.3 Å². The second kappa shape index (κ2) is 6.09. The number of aliphatic hydroxyl groups is 2. The van der Waals surface area contributed by atoms with E-state index in [0.717, 1.165) is 0 Å². The highest BCUT2D eigenvalue weighted by Crippen LogP contribution is 2.27. The quantitative estimate of drug-likeness (QED) is 0.798. The van der Waals surface area contributed by atoms with Crippen molar-refractivity contribution in [2.75, 3.05) is 6.61 Å². The summed E-state index contributed by atoms with van der Waals surface area (Å²) < 4.78 is 0. The largest absolute Gasteiger partial charge is 0.396 e. The van der Waals surface area contributed by atoms with Gasteiger partial charge in [0.15, 0.2) is 0 Å². The average Bonchev–Trinajstić information content (AvgIpc) is 2.69. The van der Waals surface area contributed by atoms with Gasteiger partial charge in [-0.3, -0.25) is 4.79 Å². The second-order valence-electron chi connectivity index (χ2n) is 4.78. The number of hydrogen-bond donors (Lipinski definition) is 3. The molecule has 6 heteroatoms. The molecule has 1 aliphatic rings. The number of hydrogen-bond acceptors (Lipinski definition) is 3. The van der Waals surface area contributed by atoms with Crippen molar-refractivity contribution in [1.29, 1.82) is 0 Å². The summed E-state index contributed by atoms with van der Waals surface area (Å²) in [5, 5.41) is 22.3. The summed E-state index contributed by atoms with van der Waals surface area (Å²) in [4.78, 5) is 12.1. The fourth-order valence-electron chi connectivity index (χ4n) is 2.35. The standard InChI is InChI=1S/C13H15Cl2NO3/c14-8-1-2-10(11(15)4-8)13(19)16-9-3-7(6-17)12(18)5-9/h1-2,4,7,9,12,17-18H,3,5-6H2,(H,16,19)/t7-,9-,12-/m0/s1. The molecular formula is C13H15Cl2NO3. The Morgan fingerprint density at radius 1 is 1.37 bits per heavy atom. The monoisotopic (exact) mass is 303 g/mol. The molecular weight excluding hydrogens is 289 g/mol. The van der Waals surface area contributed by atoms with E-state index in [9.17, 15) is 9.90 Å². The lowest BCUT2D eigenvalue weighted by atomic mass is 10.1. The van der Waals surface area contributed by atoms with Crippen molar-refractivity contribution in [2.45, 2.75) is 25.0 Å². The third-order valence-corrected chi connectivity index (χ3v) is 3.95. The zero-order valence-corrected chi connectivity index (χ0v) is 11.7. The fraction of sp³-hybridized carbons (Fsp3) is 0.462. The average molecular weight is 304 g/mol. The SMILES string of the molecule is O=C(N[C@H]1C[C@@H](CO)[C@@H](O)C1)c1ccc(Cl)cc1Cl. The number of benzene rings is 1. The number of amides is 1. The first kappa shape index (κ1) is 14.6. The molecule has 1 fully saturated rings. The lowest BCUT2D eigenvalue weighted by Gasteiger charge is -2.13. The first-order valence-corrected chi connectivity index (χ1v) is 6.81. The molecule has 0 aliphatic heterocycles. The Balaban J connectivity index is 2.02. The van der Waals surface area contributed by atoms with Crippen LogP contribution in [0.4, 0.5) is 0 Å². The van der Waals surface area contributed by atoms with Crippen LogP contribution < -0.4 is 5.32 Å². The number of nitrogens with one attached hydrogen (secondary N) is 1. The molecule has 3 atom stereocenters. The Hall–Kier alpha value is -0.810. The van der Waals surface area contributed by atoms with E-state index in [-0.39, 0.29) is 24.5 Å². The van der Waals surface area contributed by atoms with Gasteiger partial charge in [0.2, 0.25) is 0 Å². The van der Waals surface area contributed by atoms with Crippen LogP contribution in [0.3, 0.4) is 0 Å². The molecule has 1 saturated carbocycles. The normalized spacial score (nSPS) is 26.4. The first-order valence-electron chi connectivity index (χ1n) is 6.06. The third kappa shape index (κ3) is 3.39. The Morgan fingerprint density at radius 3 is 2.68 bits per heavy atom. The second-order valence-corrected chi connectivity index (χ2v) is 5.62. The van der Waals surface area contributed by atoms with Crippen LogP contribution in [-0.4, -0.2) is 34.9 Å². The summed E-state index contributed by atoms with van der Waals surface area (Å²) in [6, 6.07) is 4.53. The van der Waals surface area contributed by atoms with E-state index in [1.807, 2.05) is 0 Å². The molecule has 2 rings (SSSR count). The van der Waals surface area contributed by atoms with Gasteiger partial charge in [0.05, 0.1) is 16.7 Å². The maximum absolute atomic E-state index is 12.1. The summed E-state index contributed by atoms with van der Waals surface area (Å²) in [7, 11) is 0. The number of carbonyl (C=O) groups excluding carboxylic acids is 1. The lowest BCUT2D eigenvalue weighted by Crippen LogP contribution is -2.33. The molecule has 0 radical (unpaired) electrons. The van der Waals surface area contributed by atoms with Crippen molar-refractivity contribution >= 4 is 29.1 Å². The highest BCUT2D eigenvalue weighted by molar-refractivity contribution is 6.36. The molecule has 3 N–H and O–H groups in total. The molecule has 1 aliphatic carbocycles. The highest BCUT2D eigenvalue weighted by atomic mass is 35.5. The summed E-state index contributed by atoms with van der Waals surface area (Å²) in [6.07, 6.45) is 0.438. The summed E-state index contributed by atoms with van der Waals surface area (Å²) in [5.74, 6) is -0.469. The predicted molar refractivity (Wildman–Crippen MR) is 73.5 cm³/mol. The van der Waals surface area contributed by atoms with Gasteiger partial charge in [-0.2, -0.15) is 0 Å².